The first-order valence-electron chi connectivity index (χ1n) is 22.0. The summed E-state index contributed by atoms with van der Waals surface area (Å²) in [5, 5.41) is 11.1. The van der Waals surface area contributed by atoms with E-state index in [-0.39, 0.29) is 87.9 Å². The maximum Gasteiger partial charge on any atom is 0.255 e. The molecule has 0 spiro atoms. The number of anilines is 3. The van der Waals surface area contributed by atoms with Crippen LogP contribution < -0.4 is 21.3 Å². The smallest absolute Gasteiger partial charge is 0.255 e. The molecule has 1 saturated heterocycles. The quantitative estimate of drug-likeness (QED) is 0.0599. The number of halogens is 2. The van der Waals surface area contributed by atoms with Gasteiger partial charge in [-0.3, -0.25) is 34.3 Å². The number of aromatic nitrogens is 2. The van der Waals surface area contributed by atoms with Crippen LogP contribution in [-0.4, -0.2) is 116 Å². The molecule has 5 aromatic rings. The molecule has 0 radical (unpaired) electrons. The molecule has 0 aliphatic carbocycles. The van der Waals surface area contributed by atoms with Crippen LogP contribution in [0.2, 0.25) is 0 Å². The molecule has 4 heterocycles. The summed E-state index contributed by atoms with van der Waals surface area (Å²) in [7, 11) is 0. The standard InChI is InChI=1S/C49H48F2N8O9/c1-29-8-13-33-35(24-29)45(43-37(50)5-3-6-38(43)51)53-25-31-26-54-49(58-44(31)33)55-32-11-9-30(10-12-32)46(62)52-16-17-65-18-19-66-20-21-67-22-23-68-28-42(61)56-39-7-2-4-34-36(39)27-59(48(34)64)40-14-15-41(60)57-47(40)63/h2-13,24,26,40H,14-23,25,27-28H2,1H3,(H,52,62)(H,56,61)(H,54,55,58)(H,57,60,63). The minimum Gasteiger partial charge on any atom is -0.377 e. The lowest BCUT2D eigenvalue weighted by Crippen LogP contribution is -2.52. The van der Waals surface area contributed by atoms with E-state index in [4.69, 9.17) is 23.9 Å². The highest BCUT2D eigenvalue weighted by Gasteiger charge is 2.40. The van der Waals surface area contributed by atoms with Crippen molar-refractivity contribution in [2.24, 2.45) is 4.99 Å². The maximum atomic E-state index is 14.9. The summed E-state index contributed by atoms with van der Waals surface area (Å²) >= 11 is 0. The van der Waals surface area contributed by atoms with Gasteiger partial charge in [0.1, 0.15) is 24.3 Å². The number of rotatable bonds is 20. The zero-order valence-electron chi connectivity index (χ0n) is 37.1. The van der Waals surface area contributed by atoms with Gasteiger partial charge in [-0.15, -0.1) is 0 Å². The van der Waals surface area contributed by atoms with E-state index in [1.54, 1.807) is 48.7 Å². The maximum absolute atomic E-state index is 14.9. The van der Waals surface area contributed by atoms with Gasteiger partial charge >= 0.3 is 0 Å². The number of benzene rings is 4. The van der Waals surface area contributed by atoms with Gasteiger partial charge < -0.3 is 39.8 Å². The summed E-state index contributed by atoms with van der Waals surface area (Å²) in [6.45, 7) is 4.17. The summed E-state index contributed by atoms with van der Waals surface area (Å²) in [5.41, 5.74) is 5.98. The van der Waals surface area contributed by atoms with E-state index in [0.717, 1.165) is 5.56 Å². The Morgan fingerprint density at radius 2 is 1.53 bits per heavy atom. The van der Waals surface area contributed by atoms with Gasteiger partial charge in [0.25, 0.3) is 11.8 Å². The zero-order chi connectivity index (χ0) is 47.6. The number of ether oxygens (including phenoxy) is 4. The lowest BCUT2D eigenvalue weighted by Gasteiger charge is -2.29. The topological polar surface area (TPSA) is 212 Å². The fourth-order valence-corrected chi connectivity index (χ4v) is 7.95. The molecule has 4 N–H and O–H groups in total. The fraction of sp³-hybridized carbons (Fsp3) is 0.306. The first-order chi connectivity index (χ1) is 33.0. The second kappa shape index (κ2) is 22.0. The molecule has 4 aromatic carbocycles. The molecule has 352 valence electrons. The van der Waals surface area contributed by atoms with E-state index in [9.17, 15) is 32.8 Å². The number of imide groups is 1. The Balaban J connectivity index is 0.678. The van der Waals surface area contributed by atoms with Crippen LogP contribution in [0.5, 0.6) is 0 Å². The molecule has 0 bridgehead atoms. The van der Waals surface area contributed by atoms with Gasteiger partial charge in [0.15, 0.2) is 0 Å². The third-order valence-electron chi connectivity index (χ3n) is 11.3. The van der Waals surface area contributed by atoms with Crippen molar-refractivity contribution >= 4 is 52.6 Å². The van der Waals surface area contributed by atoms with Crippen LogP contribution in [0.25, 0.3) is 11.3 Å². The van der Waals surface area contributed by atoms with Crippen LogP contribution in [0.4, 0.5) is 26.1 Å². The highest BCUT2D eigenvalue weighted by Crippen LogP contribution is 2.35. The molecule has 1 aromatic heterocycles. The van der Waals surface area contributed by atoms with Gasteiger partial charge in [0.05, 0.1) is 69.8 Å². The Kier molecular flexibility index (Phi) is 15.3. The van der Waals surface area contributed by atoms with Crippen molar-refractivity contribution in [3.63, 3.8) is 0 Å². The zero-order valence-corrected chi connectivity index (χ0v) is 37.1. The Morgan fingerprint density at radius 3 is 2.26 bits per heavy atom. The van der Waals surface area contributed by atoms with Crippen molar-refractivity contribution < 1.29 is 51.7 Å². The number of hydrogen-bond acceptors (Lipinski definition) is 13. The van der Waals surface area contributed by atoms with Crippen molar-refractivity contribution in [3.05, 3.63) is 136 Å². The Morgan fingerprint density at radius 1 is 0.824 bits per heavy atom. The summed E-state index contributed by atoms with van der Waals surface area (Å²) in [5.74, 6) is -2.99. The molecule has 19 heteroatoms. The van der Waals surface area contributed by atoms with Gasteiger partial charge in [-0.05, 0) is 67.9 Å². The van der Waals surface area contributed by atoms with Gasteiger partial charge in [0.2, 0.25) is 23.7 Å². The molecule has 5 amide bonds. The van der Waals surface area contributed by atoms with E-state index >= 15 is 0 Å². The highest BCUT2D eigenvalue weighted by atomic mass is 19.1. The number of hydrogen-bond donors (Lipinski definition) is 4. The average molecular weight is 931 g/mol. The fourth-order valence-electron chi connectivity index (χ4n) is 7.95. The first kappa shape index (κ1) is 47.2. The van der Waals surface area contributed by atoms with Crippen molar-refractivity contribution in [2.45, 2.75) is 38.9 Å². The molecule has 0 saturated carbocycles. The number of carbonyl (C=O) groups is 5. The molecule has 8 rings (SSSR count). The van der Waals surface area contributed by atoms with Gasteiger partial charge in [-0.25, -0.2) is 18.7 Å². The van der Waals surface area contributed by atoms with Crippen molar-refractivity contribution in [3.8, 4) is 11.3 Å². The largest absolute Gasteiger partial charge is 0.377 e. The third kappa shape index (κ3) is 11.3. The van der Waals surface area contributed by atoms with Crippen LogP contribution >= 0.6 is 0 Å². The van der Waals surface area contributed by atoms with Gasteiger partial charge in [-0.1, -0.05) is 29.8 Å². The van der Waals surface area contributed by atoms with Crippen molar-refractivity contribution in [1.82, 2.24) is 25.5 Å². The molecule has 1 fully saturated rings. The van der Waals surface area contributed by atoms with Crippen molar-refractivity contribution in [2.75, 3.05) is 70.0 Å². The molecule has 68 heavy (non-hydrogen) atoms. The molecular weight excluding hydrogens is 883 g/mol. The highest BCUT2D eigenvalue weighted by molar-refractivity contribution is 6.17. The van der Waals surface area contributed by atoms with E-state index in [2.05, 4.69) is 31.2 Å². The summed E-state index contributed by atoms with van der Waals surface area (Å²) < 4.78 is 51.9. The van der Waals surface area contributed by atoms with E-state index < -0.39 is 29.5 Å². The number of fused-ring (bicyclic) bond motifs is 4. The first-order valence-corrected chi connectivity index (χ1v) is 22.0. The number of aliphatic imine (C=N–C) groups is 1. The Hall–Kier alpha value is -7.32. The minimum atomic E-state index is -0.753. The van der Waals surface area contributed by atoms with Gasteiger partial charge in [0, 0.05) is 70.5 Å². The summed E-state index contributed by atoms with van der Waals surface area (Å²) in [6.07, 6.45) is 2.04. The summed E-state index contributed by atoms with van der Waals surface area (Å²) in [4.78, 5) is 77.6. The predicted molar refractivity (Wildman–Crippen MR) is 244 cm³/mol. The van der Waals surface area contributed by atoms with Crippen molar-refractivity contribution in [1.29, 1.82) is 0 Å². The van der Waals surface area contributed by atoms with E-state index in [1.165, 1.54) is 23.1 Å². The molecule has 3 aliphatic heterocycles. The number of amides is 5. The van der Waals surface area contributed by atoms with Gasteiger partial charge in [-0.2, -0.15) is 0 Å². The van der Waals surface area contributed by atoms with Crippen LogP contribution in [0.15, 0.2) is 90.1 Å². The third-order valence-corrected chi connectivity index (χ3v) is 11.3. The van der Waals surface area contributed by atoms with Crippen LogP contribution in [0.1, 0.15) is 61.4 Å². The number of nitrogens with one attached hydrogen (secondary N) is 4. The lowest BCUT2D eigenvalue weighted by atomic mass is 9.93. The monoisotopic (exact) mass is 930 g/mol. The predicted octanol–water partition coefficient (Wildman–Crippen LogP) is 5.02. The number of nitrogens with zero attached hydrogens (tertiary/aromatic N) is 4. The number of carbonyl (C=O) groups excluding carboxylic acids is 5. The van der Waals surface area contributed by atoms with Crippen LogP contribution in [0, 0.1) is 18.6 Å². The number of piperidine rings is 1. The number of aryl methyl sites for hydroxylation is 1. The second-order valence-corrected chi connectivity index (χ2v) is 16.0. The SMILES string of the molecule is Cc1ccc2c(c1)C(c1c(F)cccc1F)=NCc1cnc(Nc3ccc(C(=O)NCCOCCOCCOCCOCC(=O)Nc4cccc5c4CN(C4CCC(=O)NC4=O)C5=O)cc3)nc1-2. The minimum absolute atomic E-state index is 0.126. The van der Waals surface area contributed by atoms with E-state index in [0.29, 0.717) is 82.8 Å². The molecular formula is C49H48F2N8O9. The molecule has 17 nitrogen and oxygen atoms in total. The van der Waals surface area contributed by atoms with E-state index in [1.807, 2.05) is 25.1 Å². The second-order valence-electron chi connectivity index (χ2n) is 16.0. The normalized spacial score (nSPS) is 15.2. The van der Waals surface area contributed by atoms with Crippen LogP contribution in [-0.2, 0) is 46.4 Å². The Bertz CT molecular complexity index is 2730. The lowest BCUT2D eigenvalue weighted by molar-refractivity contribution is -0.137. The molecule has 3 aliphatic rings. The Labute approximate surface area is 389 Å². The average Bonchev–Trinajstić information content (AvgIpc) is 3.58. The van der Waals surface area contributed by atoms with Crippen LogP contribution in [0.3, 0.4) is 0 Å². The molecule has 1 atom stereocenters. The summed E-state index contributed by atoms with van der Waals surface area (Å²) in [6, 6.07) is 20.4. The molecule has 1 unspecified atom stereocenters.